The molecular formula is C21H26N2OS. The Morgan fingerprint density at radius 3 is 2.40 bits per heavy atom. The minimum Gasteiger partial charge on any atom is -0.487 e. The number of ether oxygens (including phenoxy) is 1. The van der Waals surface area contributed by atoms with Crippen molar-refractivity contribution in [3.05, 3.63) is 58.7 Å². The van der Waals surface area contributed by atoms with Gasteiger partial charge in [0.2, 0.25) is 0 Å². The topological polar surface area (TPSA) is 33.3 Å². The summed E-state index contributed by atoms with van der Waals surface area (Å²) in [5.41, 5.74) is 5.63. The fourth-order valence-corrected chi connectivity index (χ4v) is 3.74. The van der Waals surface area contributed by atoms with E-state index in [-0.39, 0.29) is 11.6 Å². The molecule has 3 nitrogen and oxygen atoms in total. The zero-order chi connectivity index (χ0) is 18.2. The van der Waals surface area contributed by atoms with Gasteiger partial charge in [0, 0.05) is 17.7 Å². The van der Waals surface area contributed by atoms with Crippen molar-refractivity contribution >= 4 is 23.0 Å². The molecule has 4 heteroatoms. The molecule has 25 heavy (non-hydrogen) atoms. The Balaban J connectivity index is 1.79. The van der Waals surface area contributed by atoms with Gasteiger partial charge < -0.3 is 15.4 Å². The summed E-state index contributed by atoms with van der Waals surface area (Å²) >= 11 is 5.58. The third-order valence-electron chi connectivity index (χ3n) is 4.41. The number of nitrogens with one attached hydrogen (secondary N) is 2. The summed E-state index contributed by atoms with van der Waals surface area (Å²) in [5.74, 6) is 0.938. The van der Waals surface area contributed by atoms with Gasteiger partial charge in [0.1, 0.15) is 11.4 Å². The zero-order valence-corrected chi connectivity index (χ0v) is 16.4. The molecule has 0 saturated heterocycles. The van der Waals surface area contributed by atoms with E-state index in [9.17, 15) is 0 Å². The van der Waals surface area contributed by atoms with Crippen molar-refractivity contribution in [3.63, 3.8) is 0 Å². The summed E-state index contributed by atoms with van der Waals surface area (Å²) in [6, 6.07) is 12.8. The van der Waals surface area contributed by atoms with Crippen LogP contribution in [-0.2, 0) is 0 Å². The predicted octanol–water partition coefficient (Wildman–Crippen LogP) is 5.20. The van der Waals surface area contributed by atoms with E-state index in [0.717, 1.165) is 17.9 Å². The van der Waals surface area contributed by atoms with Crippen molar-refractivity contribution in [2.24, 2.45) is 0 Å². The van der Waals surface area contributed by atoms with Crippen LogP contribution < -0.4 is 15.4 Å². The van der Waals surface area contributed by atoms with Crippen molar-refractivity contribution < 1.29 is 4.74 Å². The van der Waals surface area contributed by atoms with Gasteiger partial charge in [-0.3, -0.25) is 0 Å². The number of thiocarbonyl (C=S) groups is 1. The molecule has 0 unspecified atom stereocenters. The van der Waals surface area contributed by atoms with Crippen LogP contribution in [0, 0.1) is 20.8 Å². The molecule has 0 bridgehead atoms. The largest absolute Gasteiger partial charge is 0.487 e. The maximum Gasteiger partial charge on any atom is 0.171 e. The van der Waals surface area contributed by atoms with Gasteiger partial charge in [0.25, 0.3) is 0 Å². The van der Waals surface area contributed by atoms with Crippen LogP contribution in [0.1, 0.15) is 48.6 Å². The van der Waals surface area contributed by atoms with Gasteiger partial charge in [0.15, 0.2) is 5.11 Å². The Labute approximate surface area is 155 Å². The molecule has 2 aromatic carbocycles. The number of rotatable bonds is 2. The smallest absolute Gasteiger partial charge is 0.171 e. The fourth-order valence-electron chi connectivity index (χ4n) is 3.48. The summed E-state index contributed by atoms with van der Waals surface area (Å²) in [6.07, 6.45) is 0.859. The molecule has 0 aromatic heterocycles. The Bertz CT molecular complexity index is 793. The van der Waals surface area contributed by atoms with E-state index in [1.54, 1.807) is 0 Å². The van der Waals surface area contributed by atoms with Crippen LogP contribution in [0.15, 0.2) is 36.4 Å². The zero-order valence-electron chi connectivity index (χ0n) is 15.6. The summed E-state index contributed by atoms with van der Waals surface area (Å²) < 4.78 is 6.13. The molecule has 0 radical (unpaired) electrons. The van der Waals surface area contributed by atoms with Crippen LogP contribution in [0.5, 0.6) is 5.75 Å². The second-order valence-electron chi connectivity index (χ2n) is 7.63. The Hall–Kier alpha value is -2.07. The summed E-state index contributed by atoms with van der Waals surface area (Å²) in [6.45, 7) is 10.5. The highest BCUT2D eigenvalue weighted by molar-refractivity contribution is 7.80. The van der Waals surface area contributed by atoms with Gasteiger partial charge in [-0.1, -0.05) is 23.8 Å². The van der Waals surface area contributed by atoms with Gasteiger partial charge in [-0.05, 0) is 76.2 Å². The van der Waals surface area contributed by atoms with Gasteiger partial charge in [-0.2, -0.15) is 0 Å². The van der Waals surface area contributed by atoms with E-state index in [4.69, 9.17) is 17.0 Å². The van der Waals surface area contributed by atoms with Crippen LogP contribution in [-0.4, -0.2) is 10.7 Å². The molecule has 132 valence electrons. The first-order chi connectivity index (χ1) is 11.7. The predicted molar refractivity (Wildman–Crippen MR) is 109 cm³/mol. The number of aryl methyl sites for hydroxylation is 3. The van der Waals surface area contributed by atoms with E-state index in [1.165, 1.54) is 22.3 Å². The molecule has 3 rings (SSSR count). The van der Waals surface area contributed by atoms with Gasteiger partial charge in [-0.25, -0.2) is 0 Å². The first-order valence-corrected chi connectivity index (χ1v) is 9.08. The van der Waals surface area contributed by atoms with E-state index >= 15 is 0 Å². The highest BCUT2D eigenvalue weighted by Crippen LogP contribution is 2.39. The van der Waals surface area contributed by atoms with Crippen LogP contribution in [0.25, 0.3) is 0 Å². The fraction of sp³-hybridized carbons (Fsp3) is 0.381. The quantitative estimate of drug-likeness (QED) is 0.726. The lowest BCUT2D eigenvalue weighted by Gasteiger charge is -2.38. The second-order valence-corrected chi connectivity index (χ2v) is 8.04. The average molecular weight is 355 g/mol. The highest BCUT2D eigenvalue weighted by atomic mass is 32.1. The molecule has 2 N–H and O–H groups in total. The van der Waals surface area contributed by atoms with Gasteiger partial charge in [0.05, 0.1) is 6.04 Å². The lowest BCUT2D eigenvalue weighted by atomic mass is 9.89. The number of anilines is 1. The Kier molecular flexibility index (Phi) is 4.74. The van der Waals surface area contributed by atoms with Gasteiger partial charge >= 0.3 is 0 Å². The van der Waals surface area contributed by atoms with E-state index in [0.29, 0.717) is 5.11 Å². The average Bonchev–Trinajstić information content (AvgIpc) is 2.46. The first-order valence-electron chi connectivity index (χ1n) is 8.67. The number of benzene rings is 2. The van der Waals surface area contributed by atoms with Crippen LogP contribution in [0.2, 0.25) is 0 Å². The van der Waals surface area contributed by atoms with Crippen LogP contribution in [0.4, 0.5) is 5.69 Å². The van der Waals surface area contributed by atoms with Crippen molar-refractivity contribution in [2.45, 2.75) is 52.7 Å². The molecule has 1 aliphatic heterocycles. The van der Waals surface area contributed by atoms with Crippen molar-refractivity contribution in [1.82, 2.24) is 5.32 Å². The van der Waals surface area contributed by atoms with Crippen LogP contribution in [0.3, 0.4) is 0 Å². The maximum absolute atomic E-state index is 6.13. The molecule has 0 amide bonds. The first kappa shape index (κ1) is 17.7. The Morgan fingerprint density at radius 1 is 1.04 bits per heavy atom. The summed E-state index contributed by atoms with van der Waals surface area (Å²) in [7, 11) is 0. The SMILES string of the molecule is Cc1cc(C)cc(NC(=S)N[C@H]2CC(C)(C)Oc3ccc(C)cc32)c1. The molecule has 1 heterocycles. The Morgan fingerprint density at radius 2 is 1.72 bits per heavy atom. The number of fused-ring (bicyclic) bond motifs is 1. The second kappa shape index (κ2) is 6.68. The van der Waals surface area contributed by atoms with Crippen molar-refractivity contribution in [2.75, 3.05) is 5.32 Å². The number of hydrogen-bond donors (Lipinski definition) is 2. The third kappa shape index (κ3) is 4.31. The van der Waals surface area contributed by atoms with E-state index in [2.05, 4.69) is 81.7 Å². The molecule has 2 aromatic rings. The standard InChI is InChI=1S/C21H26N2OS/c1-13-6-7-19-17(11-13)18(12-21(4,5)24-19)23-20(25)22-16-9-14(2)8-15(3)10-16/h6-11,18H,12H2,1-5H3,(H2,22,23,25)/t18-/m0/s1. The molecular weight excluding hydrogens is 328 g/mol. The third-order valence-corrected chi connectivity index (χ3v) is 4.63. The molecule has 0 saturated carbocycles. The minimum absolute atomic E-state index is 0.129. The summed E-state index contributed by atoms with van der Waals surface area (Å²) in [5, 5.41) is 7.45. The molecule has 0 spiro atoms. The van der Waals surface area contributed by atoms with Crippen molar-refractivity contribution in [3.8, 4) is 5.75 Å². The molecule has 1 aliphatic rings. The molecule has 0 fully saturated rings. The maximum atomic E-state index is 6.13. The van der Waals surface area contributed by atoms with E-state index in [1.807, 2.05) is 0 Å². The van der Waals surface area contributed by atoms with E-state index < -0.39 is 0 Å². The normalized spacial score (nSPS) is 18.0. The highest BCUT2D eigenvalue weighted by Gasteiger charge is 2.34. The molecule has 0 aliphatic carbocycles. The summed E-state index contributed by atoms with van der Waals surface area (Å²) in [4.78, 5) is 0. The van der Waals surface area contributed by atoms with Crippen molar-refractivity contribution in [1.29, 1.82) is 0 Å². The van der Waals surface area contributed by atoms with Crippen LogP contribution >= 0.6 is 12.2 Å². The van der Waals surface area contributed by atoms with Gasteiger partial charge in [-0.15, -0.1) is 0 Å². The lowest BCUT2D eigenvalue weighted by molar-refractivity contribution is 0.0696. The molecule has 1 atom stereocenters. The number of hydrogen-bond acceptors (Lipinski definition) is 2. The monoisotopic (exact) mass is 354 g/mol. The lowest BCUT2D eigenvalue weighted by Crippen LogP contribution is -2.42. The minimum atomic E-state index is -0.227.